The predicted molar refractivity (Wildman–Crippen MR) is 108 cm³/mol. The van der Waals surface area contributed by atoms with Gasteiger partial charge in [-0.25, -0.2) is 4.79 Å². The molecular weight excluding hydrogens is 340 g/mol. The van der Waals surface area contributed by atoms with E-state index in [9.17, 15) is 9.59 Å². The summed E-state index contributed by atoms with van der Waals surface area (Å²) >= 11 is 0. The van der Waals surface area contributed by atoms with E-state index in [2.05, 4.69) is 36.5 Å². The largest absolute Gasteiger partial charge is 0.444 e. The Morgan fingerprint density at radius 1 is 1.15 bits per heavy atom. The first kappa shape index (κ1) is 21.3. The van der Waals surface area contributed by atoms with Gasteiger partial charge in [0.2, 0.25) is 5.91 Å². The molecule has 1 fully saturated rings. The average molecular weight is 375 g/mol. The number of carbonyl (C=O) groups excluding carboxylic acids is 2. The fourth-order valence-corrected chi connectivity index (χ4v) is 3.60. The summed E-state index contributed by atoms with van der Waals surface area (Å²) in [6.45, 7) is 11.6. The van der Waals surface area contributed by atoms with E-state index >= 15 is 0 Å². The fraction of sp³-hybridized carbons (Fsp3) is 0.636. The number of carbonyl (C=O) groups is 2. The molecule has 0 aliphatic heterocycles. The zero-order valence-corrected chi connectivity index (χ0v) is 17.7. The fourth-order valence-electron chi connectivity index (χ4n) is 3.60. The van der Waals surface area contributed by atoms with E-state index < -0.39 is 11.7 Å². The van der Waals surface area contributed by atoms with Gasteiger partial charge in [0.05, 0.1) is 0 Å². The molecule has 1 N–H and O–H groups in total. The summed E-state index contributed by atoms with van der Waals surface area (Å²) in [5.74, 6) is 0.100. The molecule has 0 aromatic heterocycles. The third-order valence-corrected chi connectivity index (χ3v) is 5.23. The van der Waals surface area contributed by atoms with Gasteiger partial charge in [-0.1, -0.05) is 29.8 Å². The van der Waals surface area contributed by atoms with Gasteiger partial charge in [0, 0.05) is 25.0 Å². The first-order valence-electron chi connectivity index (χ1n) is 9.80. The third kappa shape index (κ3) is 5.72. The normalized spacial score (nSPS) is 22.6. The molecule has 27 heavy (non-hydrogen) atoms. The minimum atomic E-state index is -0.536. The number of benzene rings is 1. The Morgan fingerprint density at radius 2 is 1.74 bits per heavy atom. The van der Waals surface area contributed by atoms with E-state index in [4.69, 9.17) is 4.74 Å². The summed E-state index contributed by atoms with van der Waals surface area (Å²) in [6.07, 6.45) is 0.957. The van der Waals surface area contributed by atoms with Gasteiger partial charge in [0.25, 0.3) is 0 Å². The van der Waals surface area contributed by atoms with E-state index in [1.807, 2.05) is 46.6 Å². The maximum Gasteiger partial charge on any atom is 0.407 e. The average Bonchev–Trinajstić information content (AvgIpc) is 2.95. The summed E-state index contributed by atoms with van der Waals surface area (Å²) in [5.41, 5.74) is 1.82. The maximum atomic E-state index is 13.1. The second kappa shape index (κ2) is 8.32. The number of amides is 2. The van der Waals surface area contributed by atoms with Gasteiger partial charge in [0.1, 0.15) is 5.60 Å². The van der Waals surface area contributed by atoms with Crippen molar-refractivity contribution in [2.24, 2.45) is 5.92 Å². The van der Waals surface area contributed by atoms with Crippen molar-refractivity contribution < 1.29 is 14.3 Å². The van der Waals surface area contributed by atoms with Gasteiger partial charge < -0.3 is 15.0 Å². The molecule has 1 aliphatic carbocycles. The molecule has 5 heteroatoms. The van der Waals surface area contributed by atoms with E-state index in [-0.39, 0.29) is 29.8 Å². The number of rotatable bonds is 4. The van der Waals surface area contributed by atoms with Crippen molar-refractivity contribution in [3.63, 3.8) is 0 Å². The molecular formula is C22H34N2O3. The number of ether oxygens (including phenoxy) is 1. The van der Waals surface area contributed by atoms with Gasteiger partial charge in [0.15, 0.2) is 0 Å². The van der Waals surface area contributed by atoms with Crippen LogP contribution in [0.2, 0.25) is 0 Å². The minimum Gasteiger partial charge on any atom is -0.444 e. The number of alkyl carbamates (subject to hydrolysis) is 1. The molecule has 1 saturated carbocycles. The van der Waals surface area contributed by atoms with Crippen LogP contribution in [0.3, 0.4) is 0 Å². The van der Waals surface area contributed by atoms with Crippen LogP contribution >= 0.6 is 0 Å². The van der Waals surface area contributed by atoms with Crippen molar-refractivity contribution in [2.75, 3.05) is 7.05 Å². The molecule has 0 heterocycles. The van der Waals surface area contributed by atoms with Crippen molar-refractivity contribution in [3.8, 4) is 0 Å². The Labute approximate surface area is 163 Å². The summed E-state index contributed by atoms with van der Waals surface area (Å²) < 4.78 is 5.39. The van der Waals surface area contributed by atoms with Crippen LogP contribution in [0.25, 0.3) is 0 Å². The number of nitrogens with zero attached hydrogens (tertiary/aromatic N) is 1. The molecule has 1 aromatic rings. The SMILES string of the molecule is Cc1ccc([C@@H]2C[C@@H](NC(=O)OC(C)(C)C)CC2C(=O)N(C)C(C)C)cc1. The number of hydrogen-bond acceptors (Lipinski definition) is 3. The van der Waals surface area contributed by atoms with Gasteiger partial charge in [-0.3, -0.25) is 4.79 Å². The maximum absolute atomic E-state index is 13.1. The van der Waals surface area contributed by atoms with Crippen molar-refractivity contribution in [1.82, 2.24) is 10.2 Å². The Morgan fingerprint density at radius 3 is 2.26 bits per heavy atom. The molecule has 1 aromatic carbocycles. The highest BCUT2D eigenvalue weighted by molar-refractivity contribution is 5.80. The molecule has 2 rings (SSSR count). The van der Waals surface area contributed by atoms with Crippen LogP contribution in [-0.2, 0) is 9.53 Å². The van der Waals surface area contributed by atoms with Gasteiger partial charge in [-0.2, -0.15) is 0 Å². The van der Waals surface area contributed by atoms with Gasteiger partial charge in [-0.15, -0.1) is 0 Å². The van der Waals surface area contributed by atoms with Crippen molar-refractivity contribution in [3.05, 3.63) is 35.4 Å². The molecule has 0 bridgehead atoms. The molecule has 2 amide bonds. The topological polar surface area (TPSA) is 58.6 Å². The number of nitrogens with one attached hydrogen (secondary N) is 1. The summed E-state index contributed by atoms with van der Waals surface area (Å²) in [7, 11) is 1.85. The highest BCUT2D eigenvalue weighted by Gasteiger charge is 2.41. The zero-order valence-electron chi connectivity index (χ0n) is 17.7. The Balaban J connectivity index is 2.19. The van der Waals surface area contributed by atoms with Crippen LogP contribution in [0.15, 0.2) is 24.3 Å². The smallest absolute Gasteiger partial charge is 0.407 e. The molecule has 150 valence electrons. The standard InChI is InChI=1S/C22H34N2O3/c1-14(2)24(7)20(25)19-13-17(23-21(26)27-22(4,5)6)12-18(19)16-10-8-15(3)9-11-16/h8-11,14,17-19H,12-13H2,1-7H3,(H,23,26)/t17-,18+,19?/m1/s1. The Bertz CT molecular complexity index is 661. The van der Waals surface area contributed by atoms with E-state index in [1.54, 1.807) is 0 Å². The van der Waals surface area contributed by atoms with Gasteiger partial charge in [-0.05, 0) is 65.9 Å². The molecule has 0 radical (unpaired) electrons. The van der Waals surface area contributed by atoms with Crippen molar-refractivity contribution in [2.45, 2.75) is 78.0 Å². The lowest BCUT2D eigenvalue weighted by Gasteiger charge is -2.28. The lowest BCUT2D eigenvalue weighted by atomic mass is 9.87. The van der Waals surface area contributed by atoms with Crippen LogP contribution < -0.4 is 5.32 Å². The Kier molecular flexibility index (Phi) is 6.55. The second-order valence-corrected chi connectivity index (χ2v) is 8.98. The first-order valence-corrected chi connectivity index (χ1v) is 9.80. The number of aryl methyl sites for hydroxylation is 1. The van der Waals surface area contributed by atoms with Crippen LogP contribution in [0, 0.1) is 12.8 Å². The monoisotopic (exact) mass is 374 g/mol. The summed E-state index contributed by atoms with van der Waals surface area (Å²) in [6, 6.07) is 8.45. The third-order valence-electron chi connectivity index (χ3n) is 5.23. The van der Waals surface area contributed by atoms with Crippen LogP contribution in [0.4, 0.5) is 4.79 Å². The molecule has 0 spiro atoms. The molecule has 1 unspecified atom stereocenters. The quantitative estimate of drug-likeness (QED) is 0.857. The second-order valence-electron chi connectivity index (χ2n) is 8.98. The molecule has 3 atom stereocenters. The highest BCUT2D eigenvalue weighted by atomic mass is 16.6. The van der Waals surface area contributed by atoms with Gasteiger partial charge >= 0.3 is 6.09 Å². The van der Waals surface area contributed by atoms with E-state index in [0.717, 1.165) is 12.0 Å². The zero-order chi connectivity index (χ0) is 20.4. The van der Waals surface area contributed by atoms with E-state index in [1.165, 1.54) is 5.56 Å². The van der Waals surface area contributed by atoms with E-state index in [0.29, 0.717) is 6.42 Å². The summed E-state index contributed by atoms with van der Waals surface area (Å²) in [5, 5.41) is 2.97. The minimum absolute atomic E-state index is 0.0688. The van der Waals surface area contributed by atoms with Crippen LogP contribution in [0.5, 0.6) is 0 Å². The molecule has 1 aliphatic rings. The van der Waals surface area contributed by atoms with Crippen LogP contribution in [0.1, 0.15) is 64.5 Å². The predicted octanol–water partition coefficient (Wildman–Crippen LogP) is 4.25. The lowest BCUT2D eigenvalue weighted by Crippen LogP contribution is -2.40. The number of hydrogen-bond donors (Lipinski definition) is 1. The Hall–Kier alpha value is -2.04. The molecule has 0 saturated heterocycles. The first-order chi connectivity index (χ1) is 12.5. The molecule has 5 nitrogen and oxygen atoms in total. The van der Waals surface area contributed by atoms with Crippen molar-refractivity contribution >= 4 is 12.0 Å². The lowest BCUT2D eigenvalue weighted by molar-refractivity contribution is -0.136. The highest BCUT2D eigenvalue weighted by Crippen LogP contribution is 2.41. The van der Waals surface area contributed by atoms with Crippen molar-refractivity contribution in [1.29, 1.82) is 0 Å². The summed E-state index contributed by atoms with van der Waals surface area (Å²) in [4.78, 5) is 27.1. The van der Waals surface area contributed by atoms with Crippen LogP contribution in [-0.4, -0.2) is 41.6 Å².